The van der Waals surface area contributed by atoms with Crippen LogP contribution in [0.3, 0.4) is 0 Å². The highest BCUT2D eigenvalue weighted by atomic mass is 16.5. The lowest BCUT2D eigenvalue weighted by atomic mass is 10.2. The van der Waals surface area contributed by atoms with Crippen LogP contribution in [0.4, 0.5) is 0 Å². The lowest BCUT2D eigenvalue weighted by molar-refractivity contribution is -0.123. The number of hydrazone groups is 1. The van der Waals surface area contributed by atoms with Gasteiger partial charge in [-0.1, -0.05) is 18.2 Å². The Morgan fingerprint density at radius 1 is 0.875 bits per heavy atom. The predicted molar refractivity (Wildman–Crippen MR) is 119 cm³/mol. The monoisotopic (exact) mass is 434 g/mol. The third-order valence-electron chi connectivity index (χ3n) is 4.23. The van der Waals surface area contributed by atoms with Crippen molar-refractivity contribution in [3.05, 3.63) is 83.9 Å². The first-order chi connectivity index (χ1) is 15.6. The van der Waals surface area contributed by atoms with Crippen LogP contribution in [-0.2, 0) is 4.79 Å². The molecule has 1 amide bonds. The molecule has 0 saturated carbocycles. The molecule has 3 rings (SSSR count). The van der Waals surface area contributed by atoms with Crippen molar-refractivity contribution in [3.8, 4) is 23.0 Å². The maximum absolute atomic E-state index is 12.4. The summed E-state index contributed by atoms with van der Waals surface area (Å²) in [5.74, 6) is 1.01. The molecule has 0 aliphatic carbocycles. The number of carbonyl (C=O) groups excluding carboxylic acids is 2. The highest BCUT2D eigenvalue weighted by Gasteiger charge is 2.13. The second-order valence-corrected chi connectivity index (χ2v) is 6.42. The quantitative estimate of drug-likeness (QED) is 0.240. The Bertz CT molecular complexity index is 1080. The van der Waals surface area contributed by atoms with Gasteiger partial charge in [-0.05, 0) is 60.2 Å². The van der Waals surface area contributed by atoms with Gasteiger partial charge < -0.3 is 18.9 Å². The van der Waals surface area contributed by atoms with Crippen molar-refractivity contribution < 1.29 is 28.5 Å². The Morgan fingerprint density at radius 3 is 2.28 bits per heavy atom. The number of nitrogens with zero attached hydrogens (tertiary/aromatic N) is 1. The molecular formula is C24H22N2O6. The van der Waals surface area contributed by atoms with Crippen molar-refractivity contribution in [3.63, 3.8) is 0 Å². The molecule has 3 aromatic rings. The molecule has 0 saturated heterocycles. The van der Waals surface area contributed by atoms with E-state index in [9.17, 15) is 9.59 Å². The molecule has 32 heavy (non-hydrogen) atoms. The van der Waals surface area contributed by atoms with Gasteiger partial charge in [0.15, 0.2) is 18.1 Å². The molecule has 3 aromatic carbocycles. The third-order valence-corrected chi connectivity index (χ3v) is 4.23. The number of para-hydroxylation sites is 1. The van der Waals surface area contributed by atoms with E-state index in [1.54, 1.807) is 54.6 Å². The Labute approximate surface area is 185 Å². The molecular weight excluding hydrogens is 412 g/mol. The fraction of sp³-hybridized carbons (Fsp3) is 0.125. The summed E-state index contributed by atoms with van der Waals surface area (Å²) >= 11 is 0. The molecule has 0 spiro atoms. The topological polar surface area (TPSA) is 95.5 Å². The van der Waals surface area contributed by atoms with Crippen LogP contribution in [0.15, 0.2) is 77.9 Å². The number of rotatable bonds is 9. The van der Waals surface area contributed by atoms with Gasteiger partial charge in [0.2, 0.25) is 0 Å². The normalized spacial score (nSPS) is 10.4. The highest BCUT2D eigenvalue weighted by molar-refractivity contribution is 5.92. The minimum Gasteiger partial charge on any atom is -0.493 e. The van der Waals surface area contributed by atoms with Gasteiger partial charge in [-0.2, -0.15) is 5.10 Å². The number of benzene rings is 3. The number of methoxy groups -OCH3 is 2. The largest absolute Gasteiger partial charge is 0.493 e. The molecule has 0 aliphatic rings. The third kappa shape index (κ3) is 6.33. The summed E-state index contributed by atoms with van der Waals surface area (Å²) in [4.78, 5) is 24.2. The summed E-state index contributed by atoms with van der Waals surface area (Å²) in [5, 5.41) is 3.89. The van der Waals surface area contributed by atoms with E-state index < -0.39 is 5.97 Å². The fourth-order valence-electron chi connectivity index (χ4n) is 2.63. The number of hydrogen-bond acceptors (Lipinski definition) is 7. The highest BCUT2D eigenvalue weighted by Crippen LogP contribution is 2.28. The van der Waals surface area contributed by atoms with Crippen LogP contribution >= 0.6 is 0 Å². The number of ether oxygens (including phenoxy) is 4. The SMILES string of the molecule is COc1ccc(C(=O)Oc2ccc(/C=N/NC(=O)COc3ccccc3)cc2)cc1OC. The first-order valence-electron chi connectivity index (χ1n) is 9.63. The van der Waals surface area contributed by atoms with Crippen LogP contribution in [0, 0.1) is 0 Å². The molecule has 0 aromatic heterocycles. The Hall–Kier alpha value is -4.33. The molecule has 0 fully saturated rings. The second-order valence-electron chi connectivity index (χ2n) is 6.42. The number of esters is 1. The maximum atomic E-state index is 12.4. The summed E-state index contributed by atoms with van der Waals surface area (Å²) in [6.45, 7) is -0.146. The molecule has 0 bridgehead atoms. The van der Waals surface area contributed by atoms with Crippen LogP contribution in [-0.4, -0.2) is 38.9 Å². The van der Waals surface area contributed by atoms with Crippen molar-refractivity contribution in [1.82, 2.24) is 5.43 Å². The van der Waals surface area contributed by atoms with Crippen LogP contribution in [0.5, 0.6) is 23.0 Å². The zero-order valence-electron chi connectivity index (χ0n) is 17.6. The summed E-state index contributed by atoms with van der Waals surface area (Å²) in [5.41, 5.74) is 3.42. The first kappa shape index (κ1) is 22.4. The molecule has 8 heteroatoms. The summed E-state index contributed by atoms with van der Waals surface area (Å²) < 4.78 is 21.1. The van der Waals surface area contributed by atoms with Gasteiger partial charge in [-0.15, -0.1) is 0 Å². The lowest BCUT2D eigenvalue weighted by Crippen LogP contribution is -2.24. The molecule has 8 nitrogen and oxygen atoms in total. The van der Waals surface area contributed by atoms with Gasteiger partial charge in [0, 0.05) is 0 Å². The first-order valence-corrected chi connectivity index (χ1v) is 9.63. The van der Waals surface area contributed by atoms with E-state index in [2.05, 4.69) is 10.5 Å². The molecule has 0 atom stereocenters. The molecule has 0 unspecified atom stereocenters. The number of hydrogen-bond donors (Lipinski definition) is 1. The molecule has 0 aliphatic heterocycles. The Kier molecular flexibility index (Phi) is 7.80. The van der Waals surface area contributed by atoms with E-state index >= 15 is 0 Å². The van der Waals surface area contributed by atoms with E-state index in [1.807, 2.05) is 18.2 Å². The van der Waals surface area contributed by atoms with Gasteiger partial charge >= 0.3 is 5.97 Å². The average molecular weight is 434 g/mol. The van der Waals surface area contributed by atoms with Crippen LogP contribution in [0.1, 0.15) is 15.9 Å². The minimum absolute atomic E-state index is 0.146. The molecule has 0 radical (unpaired) electrons. The summed E-state index contributed by atoms with van der Waals surface area (Å²) in [6.07, 6.45) is 1.47. The average Bonchev–Trinajstić information content (AvgIpc) is 2.84. The second kappa shape index (κ2) is 11.2. The predicted octanol–water partition coefficient (Wildman–Crippen LogP) is 3.45. The van der Waals surface area contributed by atoms with Gasteiger partial charge in [0.25, 0.3) is 5.91 Å². The molecule has 0 heterocycles. The van der Waals surface area contributed by atoms with Crippen LogP contribution in [0.25, 0.3) is 0 Å². The van der Waals surface area contributed by atoms with Crippen molar-refractivity contribution >= 4 is 18.1 Å². The Balaban J connectivity index is 1.50. The number of carbonyl (C=O) groups is 2. The minimum atomic E-state index is -0.530. The molecule has 1 N–H and O–H groups in total. The van der Waals surface area contributed by atoms with Crippen molar-refractivity contribution in [2.24, 2.45) is 5.10 Å². The van der Waals surface area contributed by atoms with Crippen molar-refractivity contribution in [2.75, 3.05) is 20.8 Å². The van der Waals surface area contributed by atoms with Gasteiger partial charge in [-0.3, -0.25) is 4.79 Å². The van der Waals surface area contributed by atoms with E-state index in [0.717, 1.165) is 0 Å². The van der Waals surface area contributed by atoms with Crippen LogP contribution in [0.2, 0.25) is 0 Å². The van der Waals surface area contributed by atoms with E-state index in [4.69, 9.17) is 18.9 Å². The standard InChI is InChI=1S/C24H22N2O6/c1-29-21-13-10-18(14-22(21)30-2)24(28)32-20-11-8-17(9-12-20)15-25-26-23(27)16-31-19-6-4-3-5-7-19/h3-15H,16H2,1-2H3,(H,26,27)/b25-15+. The lowest BCUT2D eigenvalue weighted by Gasteiger charge is -2.09. The van der Waals surface area contributed by atoms with Crippen molar-refractivity contribution in [1.29, 1.82) is 0 Å². The Morgan fingerprint density at radius 2 is 1.59 bits per heavy atom. The van der Waals surface area contributed by atoms with E-state index in [-0.39, 0.29) is 12.5 Å². The van der Waals surface area contributed by atoms with Gasteiger partial charge in [0.1, 0.15) is 11.5 Å². The van der Waals surface area contributed by atoms with E-state index in [0.29, 0.717) is 34.1 Å². The van der Waals surface area contributed by atoms with Crippen LogP contribution < -0.4 is 24.4 Å². The van der Waals surface area contributed by atoms with E-state index in [1.165, 1.54) is 20.4 Å². The summed E-state index contributed by atoms with van der Waals surface area (Å²) in [6, 6.07) is 20.4. The van der Waals surface area contributed by atoms with Crippen molar-refractivity contribution in [2.45, 2.75) is 0 Å². The number of amides is 1. The zero-order chi connectivity index (χ0) is 22.8. The smallest absolute Gasteiger partial charge is 0.343 e. The zero-order valence-corrected chi connectivity index (χ0v) is 17.6. The maximum Gasteiger partial charge on any atom is 0.343 e. The van der Waals surface area contributed by atoms with Gasteiger partial charge in [-0.25, -0.2) is 10.2 Å². The number of nitrogens with one attached hydrogen (secondary N) is 1. The fourth-order valence-corrected chi connectivity index (χ4v) is 2.63. The molecule has 164 valence electrons. The van der Waals surface area contributed by atoms with Gasteiger partial charge in [0.05, 0.1) is 26.0 Å². The summed E-state index contributed by atoms with van der Waals surface area (Å²) in [7, 11) is 3.01.